The average molecular weight is 276 g/mol. The molecule has 1 saturated heterocycles. The summed E-state index contributed by atoms with van der Waals surface area (Å²) in [5.41, 5.74) is 3.71. The van der Waals surface area contributed by atoms with Crippen molar-refractivity contribution in [1.29, 1.82) is 0 Å². The van der Waals surface area contributed by atoms with Crippen LogP contribution in [0.1, 0.15) is 44.2 Å². The van der Waals surface area contributed by atoms with Crippen molar-refractivity contribution >= 4 is 11.6 Å². The van der Waals surface area contributed by atoms with Gasteiger partial charge >= 0.3 is 0 Å². The fraction of sp³-hybridized carbons (Fsp3) is 0.412. The molecule has 2 rings (SSSR count). The zero-order chi connectivity index (χ0) is 13.8. The number of allylic oxidation sites excluding steroid dienone is 1. The van der Waals surface area contributed by atoms with E-state index in [2.05, 4.69) is 37.5 Å². The molecule has 1 heterocycles. The van der Waals surface area contributed by atoms with Gasteiger partial charge in [0.05, 0.1) is 6.04 Å². The fourth-order valence-electron chi connectivity index (χ4n) is 2.80. The van der Waals surface area contributed by atoms with Crippen LogP contribution in [0.15, 0.2) is 48.7 Å². The predicted octanol–water partition coefficient (Wildman–Crippen LogP) is 5.25. The number of piperidine rings is 1. The Labute approximate surface area is 121 Å². The van der Waals surface area contributed by atoms with Gasteiger partial charge in [-0.2, -0.15) is 0 Å². The predicted molar refractivity (Wildman–Crippen MR) is 83.2 cm³/mol. The Morgan fingerprint density at radius 1 is 1.32 bits per heavy atom. The third kappa shape index (κ3) is 3.42. The van der Waals surface area contributed by atoms with E-state index in [1.165, 1.54) is 11.1 Å². The molecule has 1 N–H and O–H groups in total. The van der Waals surface area contributed by atoms with Crippen molar-refractivity contribution in [2.75, 3.05) is 0 Å². The Morgan fingerprint density at radius 3 is 2.58 bits per heavy atom. The first-order chi connectivity index (χ1) is 9.11. The Kier molecular flexibility index (Phi) is 4.71. The molecule has 0 saturated carbocycles. The van der Waals surface area contributed by atoms with Gasteiger partial charge in [0.2, 0.25) is 0 Å². The standard InChI is InChI=1S/C17H22ClN/c1-4-5-12(2)16-10-11-17(19-13(16)3)14-6-8-15(18)9-7-14/h6-9,16-17,19H,2-5,10-11H2,1H3. The number of halogens is 1. The molecule has 0 aromatic heterocycles. The van der Waals surface area contributed by atoms with Crippen LogP contribution in [-0.2, 0) is 0 Å². The molecular weight excluding hydrogens is 254 g/mol. The molecule has 19 heavy (non-hydrogen) atoms. The number of benzene rings is 1. The van der Waals surface area contributed by atoms with E-state index in [0.29, 0.717) is 12.0 Å². The molecule has 0 bridgehead atoms. The highest BCUT2D eigenvalue weighted by Gasteiger charge is 2.25. The molecule has 102 valence electrons. The lowest BCUT2D eigenvalue weighted by Gasteiger charge is -2.34. The van der Waals surface area contributed by atoms with Crippen LogP contribution in [0.4, 0.5) is 0 Å². The van der Waals surface area contributed by atoms with E-state index in [0.717, 1.165) is 36.4 Å². The largest absolute Gasteiger partial charge is 0.382 e. The summed E-state index contributed by atoms with van der Waals surface area (Å²) in [6.45, 7) is 10.6. The van der Waals surface area contributed by atoms with Gasteiger partial charge in [-0.1, -0.05) is 55.8 Å². The first kappa shape index (κ1) is 14.2. The summed E-state index contributed by atoms with van der Waals surface area (Å²) in [6, 6.07) is 8.44. The molecule has 1 nitrogen and oxygen atoms in total. The van der Waals surface area contributed by atoms with E-state index in [4.69, 9.17) is 11.6 Å². The van der Waals surface area contributed by atoms with Crippen molar-refractivity contribution in [3.8, 4) is 0 Å². The van der Waals surface area contributed by atoms with Gasteiger partial charge in [-0.3, -0.25) is 0 Å². The van der Waals surface area contributed by atoms with Crippen LogP contribution < -0.4 is 5.32 Å². The summed E-state index contributed by atoms with van der Waals surface area (Å²) in [6.07, 6.45) is 4.51. The number of rotatable bonds is 4. The van der Waals surface area contributed by atoms with Crippen LogP contribution in [0.5, 0.6) is 0 Å². The summed E-state index contributed by atoms with van der Waals surface area (Å²) in [5.74, 6) is 0.434. The van der Waals surface area contributed by atoms with E-state index in [1.54, 1.807) is 0 Å². The van der Waals surface area contributed by atoms with E-state index in [9.17, 15) is 0 Å². The fourth-order valence-corrected chi connectivity index (χ4v) is 2.92. The Morgan fingerprint density at radius 2 is 2.00 bits per heavy atom. The van der Waals surface area contributed by atoms with E-state index in [-0.39, 0.29) is 0 Å². The molecule has 1 aliphatic heterocycles. The van der Waals surface area contributed by atoms with Crippen LogP contribution in [0, 0.1) is 5.92 Å². The summed E-state index contributed by atoms with van der Waals surface area (Å²) < 4.78 is 0. The van der Waals surface area contributed by atoms with Crippen molar-refractivity contribution in [3.05, 3.63) is 59.3 Å². The number of nitrogens with one attached hydrogen (secondary N) is 1. The van der Waals surface area contributed by atoms with E-state index < -0.39 is 0 Å². The van der Waals surface area contributed by atoms with Gasteiger partial charge < -0.3 is 5.32 Å². The van der Waals surface area contributed by atoms with Crippen molar-refractivity contribution in [1.82, 2.24) is 5.32 Å². The van der Waals surface area contributed by atoms with Gasteiger partial charge in [0.25, 0.3) is 0 Å². The first-order valence-electron chi connectivity index (χ1n) is 7.00. The molecule has 0 radical (unpaired) electrons. The average Bonchev–Trinajstić information content (AvgIpc) is 2.39. The molecule has 0 spiro atoms. The Hall–Kier alpha value is -1.21. The maximum absolute atomic E-state index is 5.93. The molecule has 1 aromatic carbocycles. The van der Waals surface area contributed by atoms with Crippen LogP contribution in [0.3, 0.4) is 0 Å². The molecular formula is C17H22ClN. The minimum Gasteiger partial charge on any atom is -0.382 e. The lowest BCUT2D eigenvalue weighted by atomic mass is 9.83. The second-order valence-corrected chi connectivity index (χ2v) is 5.75. The molecule has 0 aliphatic carbocycles. The zero-order valence-electron chi connectivity index (χ0n) is 11.6. The van der Waals surface area contributed by atoms with Gasteiger partial charge in [-0.25, -0.2) is 0 Å². The summed E-state index contributed by atoms with van der Waals surface area (Å²) in [4.78, 5) is 0. The van der Waals surface area contributed by atoms with Crippen LogP contribution in [0.25, 0.3) is 0 Å². The molecule has 2 heteroatoms. The molecule has 1 aliphatic rings. The molecule has 2 unspecified atom stereocenters. The monoisotopic (exact) mass is 275 g/mol. The topological polar surface area (TPSA) is 12.0 Å². The van der Waals surface area contributed by atoms with E-state index in [1.807, 2.05) is 12.1 Å². The summed E-state index contributed by atoms with van der Waals surface area (Å²) >= 11 is 5.93. The lowest BCUT2D eigenvalue weighted by Crippen LogP contribution is -2.31. The van der Waals surface area contributed by atoms with Crippen molar-refractivity contribution < 1.29 is 0 Å². The summed E-state index contributed by atoms with van der Waals surface area (Å²) in [7, 11) is 0. The van der Waals surface area contributed by atoms with Crippen molar-refractivity contribution in [3.63, 3.8) is 0 Å². The second kappa shape index (κ2) is 6.29. The van der Waals surface area contributed by atoms with Crippen molar-refractivity contribution in [2.24, 2.45) is 5.92 Å². The highest BCUT2D eigenvalue weighted by Crippen LogP contribution is 2.35. The van der Waals surface area contributed by atoms with Gasteiger partial charge in [0.1, 0.15) is 0 Å². The smallest absolute Gasteiger partial charge is 0.0511 e. The minimum absolute atomic E-state index is 0.357. The summed E-state index contributed by atoms with van der Waals surface area (Å²) in [5, 5.41) is 4.33. The molecule has 1 fully saturated rings. The van der Waals surface area contributed by atoms with Crippen LogP contribution in [0.2, 0.25) is 5.02 Å². The maximum atomic E-state index is 5.93. The Balaban J connectivity index is 2.02. The molecule has 0 amide bonds. The number of hydrogen-bond donors (Lipinski definition) is 1. The SMILES string of the molecule is C=C(CCC)C1CCC(c2ccc(Cl)cc2)NC1=C. The normalized spacial score (nSPS) is 22.9. The highest BCUT2D eigenvalue weighted by atomic mass is 35.5. The molecule has 2 atom stereocenters. The van der Waals surface area contributed by atoms with Crippen LogP contribution in [-0.4, -0.2) is 0 Å². The second-order valence-electron chi connectivity index (χ2n) is 5.31. The lowest BCUT2D eigenvalue weighted by molar-refractivity contribution is 0.399. The maximum Gasteiger partial charge on any atom is 0.0511 e. The van der Waals surface area contributed by atoms with Crippen molar-refractivity contribution in [2.45, 2.75) is 38.6 Å². The van der Waals surface area contributed by atoms with E-state index >= 15 is 0 Å². The minimum atomic E-state index is 0.357. The van der Waals surface area contributed by atoms with Gasteiger partial charge in [0.15, 0.2) is 0 Å². The third-order valence-corrected chi connectivity index (χ3v) is 4.11. The number of hydrogen-bond acceptors (Lipinski definition) is 1. The van der Waals surface area contributed by atoms with Gasteiger partial charge in [-0.05, 0) is 37.0 Å². The highest BCUT2D eigenvalue weighted by molar-refractivity contribution is 6.30. The first-order valence-corrected chi connectivity index (χ1v) is 7.38. The van der Waals surface area contributed by atoms with Gasteiger partial charge in [-0.15, -0.1) is 0 Å². The Bertz CT molecular complexity index is 461. The quantitative estimate of drug-likeness (QED) is 0.740. The van der Waals surface area contributed by atoms with Crippen LogP contribution >= 0.6 is 11.6 Å². The zero-order valence-corrected chi connectivity index (χ0v) is 12.3. The third-order valence-electron chi connectivity index (χ3n) is 3.86. The van der Waals surface area contributed by atoms with Gasteiger partial charge in [0, 0.05) is 16.6 Å². The molecule has 1 aromatic rings.